The smallest absolute Gasteiger partial charge is 0.123 e. The first-order valence-corrected chi connectivity index (χ1v) is 7.98. The highest BCUT2D eigenvalue weighted by atomic mass is 19.1. The summed E-state index contributed by atoms with van der Waals surface area (Å²) in [5, 5.41) is 0. The monoisotopic (exact) mass is 299 g/mol. The fraction of sp³-hybridized carbons (Fsp3) is 0.368. The minimum absolute atomic E-state index is 0.217. The van der Waals surface area contributed by atoms with Gasteiger partial charge in [0, 0.05) is 6.54 Å². The van der Waals surface area contributed by atoms with Crippen LogP contribution in [0.1, 0.15) is 30.4 Å². The molecule has 2 aromatic rings. The molecule has 3 rings (SSSR count). The summed E-state index contributed by atoms with van der Waals surface area (Å²) < 4.78 is 18.6. The Bertz CT molecular complexity index is 573. The summed E-state index contributed by atoms with van der Waals surface area (Å²) in [6.45, 7) is 3.91. The first kappa shape index (κ1) is 15.0. The summed E-state index contributed by atoms with van der Waals surface area (Å²) in [4.78, 5) is 2.51. The molecule has 0 saturated carbocycles. The van der Waals surface area contributed by atoms with Gasteiger partial charge in [0.2, 0.25) is 0 Å². The molecule has 3 heteroatoms. The van der Waals surface area contributed by atoms with Gasteiger partial charge in [0.15, 0.2) is 0 Å². The molecule has 2 aromatic carbocycles. The van der Waals surface area contributed by atoms with Gasteiger partial charge in [-0.3, -0.25) is 4.90 Å². The number of rotatable bonds is 5. The van der Waals surface area contributed by atoms with Gasteiger partial charge in [-0.1, -0.05) is 30.7 Å². The van der Waals surface area contributed by atoms with E-state index in [-0.39, 0.29) is 5.82 Å². The lowest BCUT2D eigenvalue weighted by atomic mass is 10.1. The summed E-state index contributed by atoms with van der Waals surface area (Å²) in [6, 6.07) is 14.7. The van der Waals surface area contributed by atoms with E-state index in [2.05, 4.69) is 17.0 Å². The van der Waals surface area contributed by atoms with Crippen molar-refractivity contribution in [1.29, 1.82) is 0 Å². The van der Waals surface area contributed by atoms with Gasteiger partial charge in [0.05, 0.1) is 0 Å². The Labute approximate surface area is 131 Å². The molecule has 1 saturated heterocycles. The molecule has 116 valence electrons. The number of halogens is 1. The summed E-state index contributed by atoms with van der Waals surface area (Å²) in [6.07, 6.45) is 4.00. The van der Waals surface area contributed by atoms with Crippen LogP contribution in [0.2, 0.25) is 0 Å². The first-order valence-electron chi connectivity index (χ1n) is 7.98. The molecular formula is C19H22FNO. The van der Waals surface area contributed by atoms with Crippen LogP contribution in [-0.2, 0) is 13.2 Å². The fourth-order valence-corrected chi connectivity index (χ4v) is 2.81. The highest BCUT2D eigenvalue weighted by Crippen LogP contribution is 2.17. The number of ether oxygens (including phenoxy) is 1. The van der Waals surface area contributed by atoms with Crippen LogP contribution in [0.25, 0.3) is 0 Å². The van der Waals surface area contributed by atoms with E-state index >= 15 is 0 Å². The van der Waals surface area contributed by atoms with E-state index in [1.807, 2.05) is 12.1 Å². The van der Waals surface area contributed by atoms with Crippen LogP contribution in [0.15, 0.2) is 48.5 Å². The van der Waals surface area contributed by atoms with Crippen molar-refractivity contribution in [2.45, 2.75) is 32.4 Å². The molecule has 22 heavy (non-hydrogen) atoms. The van der Waals surface area contributed by atoms with Crippen LogP contribution >= 0.6 is 0 Å². The van der Waals surface area contributed by atoms with Gasteiger partial charge >= 0.3 is 0 Å². The predicted octanol–water partition coefficient (Wildman–Crippen LogP) is 4.39. The maximum Gasteiger partial charge on any atom is 0.123 e. The van der Waals surface area contributed by atoms with Crippen LogP contribution in [0.4, 0.5) is 4.39 Å². The van der Waals surface area contributed by atoms with E-state index in [0.717, 1.165) is 17.9 Å². The van der Waals surface area contributed by atoms with Crippen molar-refractivity contribution in [3.8, 4) is 5.75 Å². The number of likely N-dealkylation sites (tertiary alicyclic amines) is 1. The standard InChI is InChI=1S/C19H22FNO/c20-18-8-4-17(5-9-18)15-22-19-10-6-16(7-11-19)14-21-12-2-1-3-13-21/h4-11H,1-3,12-15H2. The van der Waals surface area contributed by atoms with Gasteiger partial charge in [-0.05, 0) is 61.3 Å². The fourth-order valence-electron chi connectivity index (χ4n) is 2.81. The molecule has 1 fully saturated rings. The van der Waals surface area contributed by atoms with E-state index in [9.17, 15) is 4.39 Å². The van der Waals surface area contributed by atoms with Crippen molar-refractivity contribution >= 4 is 0 Å². The zero-order valence-electron chi connectivity index (χ0n) is 12.8. The molecule has 0 aromatic heterocycles. The molecule has 1 aliphatic heterocycles. The van der Waals surface area contributed by atoms with E-state index in [1.54, 1.807) is 12.1 Å². The number of piperidine rings is 1. The number of benzene rings is 2. The summed E-state index contributed by atoms with van der Waals surface area (Å²) in [7, 11) is 0. The second-order valence-electron chi connectivity index (χ2n) is 5.90. The Morgan fingerprint density at radius 1 is 0.818 bits per heavy atom. The van der Waals surface area contributed by atoms with E-state index in [1.165, 1.54) is 50.0 Å². The van der Waals surface area contributed by atoms with Crippen molar-refractivity contribution in [2.75, 3.05) is 13.1 Å². The Hall–Kier alpha value is -1.87. The van der Waals surface area contributed by atoms with E-state index in [4.69, 9.17) is 4.74 Å². The zero-order valence-corrected chi connectivity index (χ0v) is 12.8. The maximum absolute atomic E-state index is 12.8. The van der Waals surface area contributed by atoms with E-state index < -0.39 is 0 Å². The van der Waals surface area contributed by atoms with Crippen LogP contribution in [0, 0.1) is 5.82 Å². The van der Waals surface area contributed by atoms with Crippen LogP contribution < -0.4 is 4.74 Å². The molecule has 0 atom stereocenters. The van der Waals surface area contributed by atoms with Crippen LogP contribution in [0.3, 0.4) is 0 Å². The van der Waals surface area contributed by atoms with Crippen molar-refractivity contribution in [3.05, 3.63) is 65.5 Å². The van der Waals surface area contributed by atoms with Crippen molar-refractivity contribution in [3.63, 3.8) is 0 Å². The lowest BCUT2D eigenvalue weighted by Crippen LogP contribution is -2.28. The maximum atomic E-state index is 12.8. The predicted molar refractivity (Wildman–Crippen MR) is 86.3 cm³/mol. The SMILES string of the molecule is Fc1ccc(COc2ccc(CN3CCCCC3)cc2)cc1. The topological polar surface area (TPSA) is 12.5 Å². The normalized spacial score (nSPS) is 15.7. The molecule has 0 radical (unpaired) electrons. The molecule has 0 bridgehead atoms. The second kappa shape index (κ2) is 7.41. The Balaban J connectivity index is 1.51. The number of hydrogen-bond donors (Lipinski definition) is 0. The average molecular weight is 299 g/mol. The summed E-state index contributed by atoms with van der Waals surface area (Å²) in [5.41, 5.74) is 2.30. The third-order valence-corrected chi connectivity index (χ3v) is 4.10. The molecule has 2 nitrogen and oxygen atoms in total. The highest BCUT2D eigenvalue weighted by Gasteiger charge is 2.10. The minimum Gasteiger partial charge on any atom is -0.489 e. The molecule has 0 unspecified atom stereocenters. The molecule has 0 spiro atoms. The number of nitrogens with zero attached hydrogens (tertiary/aromatic N) is 1. The molecule has 0 N–H and O–H groups in total. The first-order chi connectivity index (χ1) is 10.8. The van der Waals surface area contributed by atoms with Gasteiger partial charge in [-0.15, -0.1) is 0 Å². The van der Waals surface area contributed by atoms with Gasteiger partial charge < -0.3 is 4.74 Å². The van der Waals surface area contributed by atoms with Crippen LogP contribution in [0.5, 0.6) is 5.75 Å². The lowest BCUT2D eigenvalue weighted by Gasteiger charge is -2.26. The van der Waals surface area contributed by atoms with E-state index in [0.29, 0.717) is 6.61 Å². The largest absolute Gasteiger partial charge is 0.489 e. The molecule has 0 aliphatic carbocycles. The Kier molecular flexibility index (Phi) is 5.07. The van der Waals surface area contributed by atoms with Crippen molar-refractivity contribution < 1.29 is 9.13 Å². The second-order valence-corrected chi connectivity index (χ2v) is 5.90. The van der Waals surface area contributed by atoms with Gasteiger partial charge in [0.25, 0.3) is 0 Å². The minimum atomic E-state index is -0.217. The lowest BCUT2D eigenvalue weighted by molar-refractivity contribution is 0.221. The average Bonchev–Trinajstić information content (AvgIpc) is 2.57. The molecular weight excluding hydrogens is 277 g/mol. The van der Waals surface area contributed by atoms with Gasteiger partial charge in [-0.2, -0.15) is 0 Å². The van der Waals surface area contributed by atoms with Crippen molar-refractivity contribution in [2.24, 2.45) is 0 Å². The molecule has 0 amide bonds. The number of hydrogen-bond acceptors (Lipinski definition) is 2. The zero-order chi connectivity index (χ0) is 15.2. The molecule has 1 aliphatic rings. The summed E-state index contributed by atoms with van der Waals surface area (Å²) in [5.74, 6) is 0.637. The molecule has 1 heterocycles. The van der Waals surface area contributed by atoms with Crippen molar-refractivity contribution in [1.82, 2.24) is 4.90 Å². The third kappa shape index (κ3) is 4.31. The van der Waals surface area contributed by atoms with Crippen LogP contribution in [-0.4, -0.2) is 18.0 Å². The quantitative estimate of drug-likeness (QED) is 0.812. The van der Waals surface area contributed by atoms with Gasteiger partial charge in [-0.25, -0.2) is 4.39 Å². The summed E-state index contributed by atoms with van der Waals surface area (Å²) >= 11 is 0. The Morgan fingerprint density at radius 3 is 2.14 bits per heavy atom. The third-order valence-electron chi connectivity index (χ3n) is 4.10. The highest BCUT2D eigenvalue weighted by molar-refractivity contribution is 5.28. The Morgan fingerprint density at radius 2 is 1.45 bits per heavy atom. The van der Waals surface area contributed by atoms with Gasteiger partial charge in [0.1, 0.15) is 18.2 Å².